The van der Waals surface area contributed by atoms with Gasteiger partial charge in [0.1, 0.15) is 0 Å². The van der Waals surface area contributed by atoms with Crippen molar-refractivity contribution in [2.75, 3.05) is 25.0 Å². The Bertz CT molecular complexity index is 575. The van der Waals surface area contributed by atoms with Crippen molar-refractivity contribution in [3.05, 3.63) is 28.7 Å². The van der Waals surface area contributed by atoms with E-state index < -0.39 is 11.9 Å². The van der Waals surface area contributed by atoms with E-state index in [2.05, 4.69) is 4.98 Å². The Balaban J connectivity index is 2.17. The topological polar surface area (TPSA) is 95.5 Å². The molecule has 2 aromatic rings. The molecule has 1 unspecified atom stereocenters. The number of nitrogens with two attached hydrogens (primary N) is 1. The number of nitrogens with one attached hydrogen (secondary N) is 1. The number of hydrogen-bond donors (Lipinski definition) is 3. The molecule has 1 aromatic carbocycles. The highest BCUT2D eigenvalue weighted by Gasteiger charge is 2.10. The third-order valence-corrected chi connectivity index (χ3v) is 2.83. The van der Waals surface area contributed by atoms with Crippen LogP contribution in [0, 0.1) is 0 Å². The Hall–Kier alpha value is -1.79. The highest BCUT2D eigenvalue weighted by molar-refractivity contribution is 5.76. The van der Waals surface area contributed by atoms with Crippen molar-refractivity contribution in [2.45, 2.75) is 12.5 Å². The van der Waals surface area contributed by atoms with E-state index in [1.54, 1.807) is 12.1 Å². The van der Waals surface area contributed by atoms with Crippen molar-refractivity contribution in [2.24, 2.45) is 5.73 Å². The van der Waals surface area contributed by atoms with Gasteiger partial charge in [-0.05, 0) is 25.1 Å². The summed E-state index contributed by atoms with van der Waals surface area (Å²) in [6.07, 6.45) is 0.0974. The lowest BCUT2D eigenvalue weighted by atomic mass is 10.2. The van der Waals surface area contributed by atoms with Crippen LogP contribution >= 0.6 is 0 Å². The van der Waals surface area contributed by atoms with Crippen molar-refractivity contribution in [3.63, 3.8) is 0 Å². The maximum atomic E-state index is 11.0. The fourth-order valence-electron chi connectivity index (χ4n) is 1.88. The lowest BCUT2D eigenvalue weighted by molar-refractivity contribution is 0.174. The van der Waals surface area contributed by atoms with Crippen LogP contribution in [0.3, 0.4) is 0 Å². The van der Waals surface area contributed by atoms with Crippen LogP contribution in [0.15, 0.2) is 27.4 Å². The molecule has 1 atom stereocenters. The first-order valence-electron chi connectivity index (χ1n) is 5.82. The molecule has 0 bridgehead atoms. The first-order valence-corrected chi connectivity index (χ1v) is 5.82. The van der Waals surface area contributed by atoms with Crippen LogP contribution in [0.2, 0.25) is 0 Å². The van der Waals surface area contributed by atoms with Gasteiger partial charge in [0.2, 0.25) is 0 Å². The van der Waals surface area contributed by atoms with Gasteiger partial charge < -0.3 is 20.2 Å². The lowest BCUT2D eigenvalue weighted by Gasteiger charge is -2.22. The SMILES string of the molecule is CN(CC(O)CCN)c1ccc2[nH]c(=O)oc2c1. The van der Waals surface area contributed by atoms with E-state index in [0.717, 1.165) is 5.69 Å². The molecule has 98 valence electrons. The van der Waals surface area contributed by atoms with E-state index in [1.807, 2.05) is 18.0 Å². The van der Waals surface area contributed by atoms with Crippen LogP contribution in [0.25, 0.3) is 11.1 Å². The van der Waals surface area contributed by atoms with Gasteiger partial charge in [0.05, 0.1) is 11.6 Å². The number of anilines is 1. The Morgan fingerprint density at radius 1 is 1.56 bits per heavy atom. The molecule has 0 fully saturated rings. The predicted octanol–water partition coefficient (Wildman–Crippen LogP) is 0.267. The second-order valence-electron chi connectivity index (χ2n) is 4.31. The number of likely N-dealkylation sites (N-methyl/N-ethyl adjacent to an activating group) is 1. The molecule has 0 radical (unpaired) electrons. The average molecular weight is 251 g/mol. The van der Waals surface area contributed by atoms with Gasteiger partial charge in [-0.2, -0.15) is 0 Å². The summed E-state index contributed by atoms with van der Waals surface area (Å²) in [6.45, 7) is 0.943. The molecular weight excluding hydrogens is 234 g/mol. The second kappa shape index (κ2) is 5.24. The quantitative estimate of drug-likeness (QED) is 0.708. The van der Waals surface area contributed by atoms with E-state index in [1.165, 1.54) is 0 Å². The third kappa shape index (κ3) is 2.72. The van der Waals surface area contributed by atoms with E-state index in [9.17, 15) is 9.90 Å². The van der Waals surface area contributed by atoms with Gasteiger partial charge in [-0.3, -0.25) is 4.98 Å². The van der Waals surface area contributed by atoms with Gasteiger partial charge in [0.15, 0.2) is 5.58 Å². The summed E-state index contributed by atoms with van der Waals surface area (Å²) in [7, 11) is 1.87. The molecule has 2 rings (SSSR count). The van der Waals surface area contributed by atoms with Gasteiger partial charge in [-0.25, -0.2) is 4.79 Å². The number of rotatable bonds is 5. The number of fused-ring (bicyclic) bond motifs is 1. The average Bonchev–Trinajstić information content (AvgIpc) is 2.68. The summed E-state index contributed by atoms with van der Waals surface area (Å²) < 4.78 is 4.99. The molecule has 0 spiro atoms. The Labute approximate surface area is 104 Å². The predicted molar refractivity (Wildman–Crippen MR) is 69.8 cm³/mol. The summed E-state index contributed by atoms with van der Waals surface area (Å²) in [5.74, 6) is -0.465. The third-order valence-electron chi connectivity index (χ3n) is 2.83. The van der Waals surface area contributed by atoms with Gasteiger partial charge in [0, 0.05) is 25.3 Å². The molecule has 0 aliphatic carbocycles. The number of aromatic nitrogens is 1. The van der Waals surface area contributed by atoms with Gasteiger partial charge in [0.25, 0.3) is 0 Å². The monoisotopic (exact) mass is 251 g/mol. The molecule has 0 aliphatic heterocycles. The highest BCUT2D eigenvalue weighted by atomic mass is 16.4. The van der Waals surface area contributed by atoms with Crippen molar-refractivity contribution in [1.29, 1.82) is 0 Å². The standard InChI is InChI=1S/C12H17N3O3/c1-15(7-9(16)4-5-13)8-2-3-10-11(6-8)18-12(17)14-10/h2-3,6,9,16H,4-5,7,13H2,1H3,(H,14,17). The summed E-state index contributed by atoms with van der Waals surface area (Å²) in [5, 5.41) is 9.70. The van der Waals surface area contributed by atoms with Crippen LogP contribution in [-0.2, 0) is 0 Å². The van der Waals surface area contributed by atoms with Gasteiger partial charge in [-0.15, -0.1) is 0 Å². The van der Waals surface area contributed by atoms with E-state index in [-0.39, 0.29) is 0 Å². The van der Waals surface area contributed by atoms with Crippen LogP contribution in [0.5, 0.6) is 0 Å². The largest absolute Gasteiger partial charge is 0.417 e. The number of aliphatic hydroxyl groups is 1. The van der Waals surface area contributed by atoms with E-state index >= 15 is 0 Å². The minimum absolute atomic E-state index is 0.459. The zero-order valence-electron chi connectivity index (χ0n) is 10.2. The molecule has 0 saturated heterocycles. The molecule has 1 aromatic heterocycles. The van der Waals surface area contributed by atoms with Crippen LogP contribution in [0.1, 0.15) is 6.42 Å². The fourth-order valence-corrected chi connectivity index (χ4v) is 1.88. The molecule has 6 nitrogen and oxygen atoms in total. The summed E-state index contributed by atoms with van der Waals surface area (Å²) in [4.78, 5) is 15.5. The number of H-pyrrole nitrogens is 1. The molecular formula is C12H17N3O3. The number of oxazole rings is 1. The molecule has 0 amide bonds. The number of aromatic amines is 1. The van der Waals surface area contributed by atoms with Crippen molar-refractivity contribution in [1.82, 2.24) is 4.98 Å². The summed E-state index contributed by atoms with van der Waals surface area (Å²) in [6, 6.07) is 5.41. The van der Waals surface area contributed by atoms with Crippen molar-refractivity contribution >= 4 is 16.8 Å². The summed E-state index contributed by atoms with van der Waals surface area (Å²) >= 11 is 0. The van der Waals surface area contributed by atoms with Crippen LogP contribution in [-0.4, -0.2) is 36.3 Å². The first-order chi connectivity index (χ1) is 8.60. The highest BCUT2D eigenvalue weighted by Crippen LogP contribution is 2.19. The molecule has 18 heavy (non-hydrogen) atoms. The Kier molecular flexibility index (Phi) is 3.69. The molecule has 4 N–H and O–H groups in total. The molecule has 0 aliphatic rings. The Morgan fingerprint density at radius 3 is 3.06 bits per heavy atom. The maximum absolute atomic E-state index is 11.0. The van der Waals surface area contributed by atoms with Crippen molar-refractivity contribution < 1.29 is 9.52 Å². The summed E-state index contributed by atoms with van der Waals surface area (Å²) in [5.41, 5.74) is 7.44. The maximum Gasteiger partial charge on any atom is 0.417 e. The number of aliphatic hydroxyl groups excluding tert-OH is 1. The molecule has 0 saturated carbocycles. The Morgan fingerprint density at radius 2 is 2.33 bits per heavy atom. The number of nitrogens with zero attached hydrogens (tertiary/aromatic N) is 1. The molecule has 6 heteroatoms. The lowest BCUT2D eigenvalue weighted by Crippen LogP contribution is -2.30. The number of benzene rings is 1. The van der Waals surface area contributed by atoms with Gasteiger partial charge >= 0.3 is 5.76 Å². The van der Waals surface area contributed by atoms with Crippen molar-refractivity contribution in [3.8, 4) is 0 Å². The zero-order chi connectivity index (χ0) is 13.1. The number of hydrogen-bond acceptors (Lipinski definition) is 5. The fraction of sp³-hybridized carbons (Fsp3) is 0.417. The zero-order valence-corrected chi connectivity index (χ0v) is 10.2. The van der Waals surface area contributed by atoms with Gasteiger partial charge in [-0.1, -0.05) is 0 Å². The second-order valence-corrected chi connectivity index (χ2v) is 4.31. The smallest absolute Gasteiger partial charge is 0.408 e. The van der Waals surface area contributed by atoms with Crippen LogP contribution in [0.4, 0.5) is 5.69 Å². The van der Waals surface area contributed by atoms with Crippen LogP contribution < -0.4 is 16.4 Å². The van der Waals surface area contributed by atoms with E-state index in [4.69, 9.17) is 10.2 Å². The minimum Gasteiger partial charge on any atom is -0.408 e. The minimum atomic E-state index is -0.465. The van der Waals surface area contributed by atoms with E-state index in [0.29, 0.717) is 30.6 Å². The normalized spacial score (nSPS) is 12.8. The first kappa shape index (κ1) is 12.7. The molecule has 1 heterocycles.